The predicted molar refractivity (Wildman–Crippen MR) is 281 cm³/mol. The summed E-state index contributed by atoms with van der Waals surface area (Å²) in [5.74, 6) is -2.34. The zero-order chi connectivity index (χ0) is 52.6. The molecule has 6 amide bonds. The molecule has 20 heteroatoms. The molecular weight excluding hydrogens is 957 g/mol. The maximum absolute atomic E-state index is 14.1. The number of imide groups is 2. The maximum Gasteiger partial charge on any atom is 0.293 e. The molecule has 6 aliphatic rings. The Labute approximate surface area is 433 Å². The number of anilines is 6. The topological polar surface area (TPSA) is 228 Å². The molecule has 3 saturated heterocycles. The van der Waals surface area contributed by atoms with Crippen LogP contribution in [-0.4, -0.2) is 127 Å². The molecule has 0 radical (unpaired) electrons. The van der Waals surface area contributed by atoms with E-state index in [1.165, 1.54) is 21.9 Å². The van der Waals surface area contributed by atoms with Crippen LogP contribution < -0.4 is 36.2 Å². The van der Waals surface area contributed by atoms with Crippen molar-refractivity contribution in [2.24, 2.45) is 12.5 Å². The van der Waals surface area contributed by atoms with E-state index in [9.17, 15) is 38.7 Å². The fourth-order valence-corrected chi connectivity index (χ4v) is 12.2. The molecule has 0 bridgehead atoms. The van der Waals surface area contributed by atoms with E-state index in [-0.39, 0.29) is 47.6 Å². The number of piperidine rings is 2. The van der Waals surface area contributed by atoms with E-state index < -0.39 is 47.7 Å². The molecule has 388 valence electrons. The minimum absolute atomic E-state index is 0.00859. The summed E-state index contributed by atoms with van der Waals surface area (Å²) in [5.41, 5.74) is 7.09. The van der Waals surface area contributed by atoms with Crippen molar-refractivity contribution >= 4 is 69.8 Å². The van der Waals surface area contributed by atoms with Crippen molar-refractivity contribution in [3.05, 3.63) is 118 Å². The molecule has 75 heavy (non-hydrogen) atoms. The molecule has 8 heterocycles. The number of pyridine rings is 1. The molecule has 20 nitrogen and oxygen atoms in total. The lowest BCUT2D eigenvalue weighted by Gasteiger charge is -2.47. The minimum Gasteiger partial charge on any atom is -0.392 e. The lowest BCUT2D eigenvalue weighted by atomic mass is 9.90. The number of nitrogens with one attached hydrogen (secondary N) is 3. The highest BCUT2D eigenvalue weighted by atomic mass is 16.3. The van der Waals surface area contributed by atoms with E-state index in [0.29, 0.717) is 83.7 Å². The summed E-state index contributed by atoms with van der Waals surface area (Å²) in [7, 11) is 1.62. The number of hydrogen-bond donors (Lipinski definition) is 4. The Hall–Kier alpha value is -7.97. The number of benzene rings is 2. The smallest absolute Gasteiger partial charge is 0.293 e. The molecular formula is C55H60N12O8. The summed E-state index contributed by atoms with van der Waals surface area (Å²) in [4.78, 5) is 112. The third-order valence-electron chi connectivity index (χ3n) is 15.9. The Kier molecular flexibility index (Phi) is 12.5. The molecule has 3 fully saturated rings. The van der Waals surface area contributed by atoms with Crippen LogP contribution in [0, 0.1) is 5.41 Å². The number of piperazine rings is 1. The van der Waals surface area contributed by atoms with Crippen LogP contribution in [0.5, 0.6) is 0 Å². The zero-order valence-electron chi connectivity index (χ0n) is 42.5. The van der Waals surface area contributed by atoms with Gasteiger partial charge in [0.05, 0.1) is 40.5 Å². The monoisotopic (exact) mass is 1020 g/mol. The number of aromatic nitrogens is 4. The van der Waals surface area contributed by atoms with Crippen molar-refractivity contribution in [2.75, 3.05) is 64.6 Å². The van der Waals surface area contributed by atoms with Crippen LogP contribution in [0.1, 0.15) is 94.5 Å². The van der Waals surface area contributed by atoms with Crippen LogP contribution in [0.25, 0.3) is 11.3 Å². The molecule has 11 rings (SSSR count). The van der Waals surface area contributed by atoms with Crippen molar-refractivity contribution in [1.29, 1.82) is 0 Å². The number of carbonyl (C=O) groups is 6. The molecule has 2 atom stereocenters. The van der Waals surface area contributed by atoms with Gasteiger partial charge in [-0.3, -0.25) is 53.6 Å². The number of carbonyl (C=O) groups excluding carboxylic acids is 6. The second-order valence-electron chi connectivity index (χ2n) is 21.3. The average Bonchev–Trinajstić information content (AvgIpc) is 4.00. The van der Waals surface area contributed by atoms with Gasteiger partial charge in [0.15, 0.2) is 5.82 Å². The SMILES string of the molecule is C=CC(=O)Nc1cc(Nc2nc(-c3ccnc(N4CCn5c(cc6c5CC(C)(C)C6)C4=O)c3CO)cn(C)c2=O)ccc1N1CCN(C2CCN(c3cccc4c3C(=O)N(C3CCC(=O)NC3=O)C4=O)CC2)C[C@@H]1C. The van der Waals surface area contributed by atoms with Gasteiger partial charge in [-0.1, -0.05) is 26.5 Å². The van der Waals surface area contributed by atoms with Gasteiger partial charge in [0, 0.05) is 106 Å². The maximum atomic E-state index is 14.1. The molecule has 1 aliphatic carbocycles. The number of aryl methyl sites for hydroxylation is 1. The largest absolute Gasteiger partial charge is 0.392 e. The summed E-state index contributed by atoms with van der Waals surface area (Å²) in [6.07, 6.45) is 7.98. The highest BCUT2D eigenvalue weighted by molar-refractivity contribution is 6.25. The van der Waals surface area contributed by atoms with Crippen molar-refractivity contribution in [3.63, 3.8) is 0 Å². The molecule has 1 unspecified atom stereocenters. The number of nitrogens with zero attached hydrogens (tertiary/aromatic N) is 9. The molecule has 3 aromatic heterocycles. The molecule has 0 saturated carbocycles. The van der Waals surface area contributed by atoms with Crippen LogP contribution in [-0.2, 0) is 47.4 Å². The van der Waals surface area contributed by atoms with Crippen molar-refractivity contribution < 1.29 is 33.9 Å². The second-order valence-corrected chi connectivity index (χ2v) is 21.3. The number of rotatable bonds is 11. The summed E-state index contributed by atoms with van der Waals surface area (Å²) in [5, 5.41) is 19.3. The third-order valence-corrected chi connectivity index (χ3v) is 15.9. The predicted octanol–water partition coefficient (Wildman–Crippen LogP) is 4.37. The lowest BCUT2D eigenvalue weighted by molar-refractivity contribution is -0.136. The Balaban J connectivity index is 0.778. The first-order valence-corrected chi connectivity index (χ1v) is 25.7. The van der Waals surface area contributed by atoms with Crippen LogP contribution in [0.15, 0.2) is 78.4 Å². The third kappa shape index (κ3) is 8.74. The van der Waals surface area contributed by atoms with E-state index in [1.807, 2.05) is 24.3 Å². The Bertz CT molecular complexity index is 3320. The first kappa shape index (κ1) is 49.3. The van der Waals surface area contributed by atoms with Crippen LogP contribution in [0.4, 0.5) is 34.4 Å². The fourth-order valence-electron chi connectivity index (χ4n) is 12.2. The molecule has 0 spiro atoms. The van der Waals surface area contributed by atoms with Crippen LogP contribution in [0.2, 0.25) is 0 Å². The van der Waals surface area contributed by atoms with Gasteiger partial charge in [-0.15, -0.1) is 0 Å². The van der Waals surface area contributed by atoms with Crippen LogP contribution >= 0.6 is 0 Å². The number of hydrogen-bond acceptors (Lipinski definition) is 14. The van der Waals surface area contributed by atoms with Gasteiger partial charge < -0.3 is 34.7 Å². The lowest BCUT2D eigenvalue weighted by Crippen LogP contribution is -2.57. The van der Waals surface area contributed by atoms with Gasteiger partial charge in [0.1, 0.15) is 17.6 Å². The van der Waals surface area contributed by atoms with Gasteiger partial charge in [-0.05, 0) is 98.5 Å². The van der Waals surface area contributed by atoms with Gasteiger partial charge >= 0.3 is 0 Å². The quantitative estimate of drug-likeness (QED) is 0.107. The molecule has 5 aromatic rings. The van der Waals surface area contributed by atoms with Gasteiger partial charge in [-0.25, -0.2) is 9.97 Å². The molecule has 2 aromatic carbocycles. The van der Waals surface area contributed by atoms with E-state index in [4.69, 9.17) is 4.98 Å². The van der Waals surface area contributed by atoms with Crippen molar-refractivity contribution in [2.45, 2.75) is 90.6 Å². The van der Waals surface area contributed by atoms with E-state index in [1.54, 1.807) is 48.6 Å². The Morgan fingerprint density at radius 2 is 1.71 bits per heavy atom. The zero-order valence-corrected chi connectivity index (χ0v) is 42.5. The van der Waals surface area contributed by atoms with Gasteiger partial charge in [0.2, 0.25) is 17.7 Å². The number of aliphatic hydroxyl groups is 1. The number of fused-ring (bicyclic) bond motifs is 4. The highest BCUT2D eigenvalue weighted by Crippen LogP contribution is 2.41. The fraction of sp³-hybridized carbons (Fsp3) is 0.400. The first-order valence-electron chi connectivity index (χ1n) is 25.7. The number of aliphatic hydroxyl groups excluding tert-OH is 1. The highest BCUT2D eigenvalue weighted by Gasteiger charge is 2.47. The number of amides is 6. The van der Waals surface area contributed by atoms with E-state index in [2.05, 4.69) is 67.6 Å². The summed E-state index contributed by atoms with van der Waals surface area (Å²) in [6.45, 7) is 14.3. The minimum atomic E-state index is -1.03. The summed E-state index contributed by atoms with van der Waals surface area (Å²) < 4.78 is 3.54. The first-order chi connectivity index (χ1) is 36.0. The van der Waals surface area contributed by atoms with Crippen molar-refractivity contribution in [1.82, 2.24) is 34.2 Å². The molecule has 5 aliphatic heterocycles. The van der Waals surface area contributed by atoms with Gasteiger partial charge in [-0.2, -0.15) is 0 Å². The normalized spacial score (nSPS) is 20.8. The Morgan fingerprint density at radius 1 is 0.907 bits per heavy atom. The second kappa shape index (κ2) is 19.1. The Morgan fingerprint density at radius 3 is 2.45 bits per heavy atom. The van der Waals surface area contributed by atoms with E-state index >= 15 is 0 Å². The van der Waals surface area contributed by atoms with Gasteiger partial charge in [0.25, 0.3) is 23.3 Å². The standard InChI is InChI=1S/C55H60N12O8/c1-6-45(69)58-38-25-33(57-48-54(75)61(5)29-39(59-48)35-14-17-56-49(37(35)30-68)66-23-22-65-43(52(66)73)24-32-26-55(3,4)27-44(32)65)10-11-40(38)64-21-20-63(28-31(64)2)34-15-18-62(19-16-34)41-9-7-8-36-47(41)53(74)67(51(36)72)42-12-13-46(70)60-50(42)71/h6-11,14,17,24-25,29,31,34,42,68H,1,12-13,15-16,18-23,26-28,30H2,2-5H3,(H,57,59)(H,58,69)(H,60,70,71)/t31-,42?/m0/s1. The summed E-state index contributed by atoms with van der Waals surface area (Å²) in [6, 6.07) is 13.7. The average molecular weight is 1020 g/mol. The summed E-state index contributed by atoms with van der Waals surface area (Å²) >= 11 is 0. The molecule has 4 N–H and O–H groups in total. The van der Waals surface area contributed by atoms with Crippen molar-refractivity contribution in [3.8, 4) is 11.3 Å². The van der Waals surface area contributed by atoms with Crippen LogP contribution in [0.3, 0.4) is 0 Å². The van der Waals surface area contributed by atoms with E-state index in [0.717, 1.165) is 49.4 Å².